The van der Waals surface area contributed by atoms with Crippen LogP contribution >= 0.6 is 0 Å². The number of hydrogen-bond donors (Lipinski definition) is 0. The predicted octanol–water partition coefficient (Wildman–Crippen LogP) is 8.21. The van der Waals surface area contributed by atoms with Gasteiger partial charge in [-0.15, -0.1) is 0 Å². The van der Waals surface area contributed by atoms with Crippen molar-refractivity contribution in [3.05, 3.63) is 94.8 Å². The molecule has 2 atom stereocenters. The molecule has 4 rings (SSSR count). The van der Waals surface area contributed by atoms with E-state index >= 15 is 4.39 Å². The fraction of sp³-hybridized carbons (Fsp3) is 0.300. The number of carbonyl (C=O) groups excluding carboxylic acids is 1. The fourth-order valence-electron chi connectivity index (χ4n) is 4.45. The third-order valence-electron chi connectivity index (χ3n) is 6.46. The van der Waals surface area contributed by atoms with E-state index < -0.39 is 17.8 Å². The molecule has 2 unspecified atom stereocenters. The van der Waals surface area contributed by atoms with Gasteiger partial charge in [-0.3, -0.25) is 4.79 Å². The van der Waals surface area contributed by atoms with Gasteiger partial charge in [0.05, 0.1) is 24.9 Å². The van der Waals surface area contributed by atoms with Crippen LogP contribution in [0.25, 0.3) is 17.2 Å². The summed E-state index contributed by atoms with van der Waals surface area (Å²) in [7, 11) is 0. The van der Waals surface area contributed by atoms with Gasteiger partial charge in [0.25, 0.3) is 6.43 Å². The van der Waals surface area contributed by atoms with Crippen LogP contribution in [0.2, 0.25) is 0 Å². The minimum Gasteiger partial charge on any atom is -0.494 e. The minimum atomic E-state index is -2.97. The van der Waals surface area contributed by atoms with E-state index in [0.717, 1.165) is 24.2 Å². The molecule has 1 aliphatic heterocycles. The second-order valence-electron chi connectivity index (χ2n) is 8.88. The average molecular weight is 495 g/mol. The second-order valence-corrected chi connectivity index (χ2v) is 8.88. The Kier molecular flexibility index (Phi) is 8.26. The van der Waals surface area contributed by atoms with Crippen molar-refractivity contribution in [2.45, 2.75) is 39.2 Å². The lowest BCUT2D eigenvalue weighted by atomic mass is 9.92. The maximum absolute atomic E-state index is 15.2. The first-order valence-corrected chi connectivity index (χ1v) is 12.1. The Balaban J connectivity index is 1.46. The summed E-state index contributed by atoms with van der Waals surface area (Å²) in [5.41, 5.74) is 1.61. The van der Waals surface area contributed by atoms with E-state index in [1.165, 1.54) is 19.1 Å². The number of carbonyl (C=O) groups is 1. The van der Waals surface area contributed by atoms with Crippen molar-refractivity contribution >= 4 is 11.9 Å². The topological polar surface area (TPSA) is 35.5 Å². The Morgan fingerprint density at radius 1 is 1.06 bits per heavy atom. The molecule has 3 aromatic rings. The normalized spacial score (nSPS) is 18.1. The minimum absolute atomic E-state index is 0.0203. The molecular weight excluding hydrogens is 465 g/mol. The van der Waals surface area contributed by atoms with Crippen LogP contribution in [0.1, 0.15) is 66.3 Å². The van der Waals surface area contributed by atoms with E-state index in [2.05, 4.69) is 0 Å². The van der Waals surface area contributed by atoms with Crippen molar-refractivity contribution in [1.82, 2.24) is 0 Å². The van der Waals surface area contributed by atoms with E-state index in [4.69, 9.17) is 9.47 Å². The predicted molar refractivity (Wildman–Crippen MR) is 135 cm³/mol. The van der Waals surface area contributed by atoms with Gasteiger partial charge in [-0.05, 0) is 55.5 Å². The Labute approximate surface area is 209 Å². The molecule has 0 saturated carbocycles. The largest absolute Gasteiger partial charge is 0.494 e. The Morgan fingerprint density at radius 2 is 1.78 bits per heavy atom. The number of hydrogen-bond acceptors (Lipinski definition) is 3. The van der Waals surface area contributed by atoms with Crippen molar-refractivity contribution in [1.29, 1.82) is 0 Å². The molecule has 0 bridgehead atoms. The first-order chi connectivity index (χ1) is 17.4. The van der Waals surface area contributed by atoms with Crippen LogP contribution in [-0.4, -0.2) is 19.0 Å². The van der Waals surface area contributed by atoms with Crippen LogP contribution in [0, 0.1) is 11.7 Å². The number of Topliss-reactive ketones (excluding diaryl/α,β-unsaturated/α-hetero) is 1. The van der Waals surface area contributed by atoms with Gasteiger partial charge in [0.1, 0.15) is 11.6 Å². The van der Waals surface area contributed by atoms with Gasteiger partial charge in [0.15, 0.2) is 5.78 Å². The molecule has 3 nitrogen and oxygen atoms in total. The Morgan fingerprint density at radius 3 is 2.36 bits per heavy atom. The zero-order valence-corrected chi connectivity index (χ0v) is 20.3. The van der Waals surface area contributed by atoms with Gasteiger partial charge in [-0.25, -0.2) is 13.2 Å². The van der Waals surface area contributed by atoms with Gasteiger partial charge >= 0.3 is 0 Å². The number of alkyl halides is 2. The van der Waals surface area contributed by atoms with Crippen LogP contribution in [0.5, 0.6) is 5.75 Å². The van der Waals surface area contributed by atoms with Crippen molar-refractivity contribution in [3.8, 4) is 16.9 Å². The summed E-state index contributed by atoms with van der Waals surface area (Å²) in [6, 6.07) is 17.1. The van der Waals surface area contributed by atoms with Crippen LogP contribution in [-0.2, 0) is 4.74 Å². The third-order valence-corrected chi connectivity index (χ3v) is 6.46. The molecule has 0 spiro atoms. The maximum atomic E-state index is 15.2. The number of ketones is 1. The lowest BCUT2D eigenvalue weighted by molar-refractivity contribution is -0.00507. The molecular formula is C30H29F3O3. The van der Waals surface area contributed by atoms with Gasteiger partial charge in [-0.1, -0.05) is 60.7 Å². The molecule has 0 radical (unpaired) electrons. The van der Waals surface area contributed by atoms with Crippen molar-refractivity contribution in [3.63, 3.8) is 0 Å². The molecule has 1 heterocycles. The molecule has 188 valence electrons. The molecule has 0 amide bonds. The fourth-order valence-corrected chi connectivity index (χ4v) is 4.45. The first-order valence-electron chi connectivity index (χ1n) is 12.1. The van der Waals surface area contributed by atoms with Crippen LogP contribution < -0.4 is 4.74 Å². The SMILES string of the molecule is CCOc1ccc(C2CCC(/C=C/c3ccc(-c4ccc(C(C)=O)cc4)c(F)c3C(F)F)CO2)cc1. The first kappa shape index (κ1) is 25.7. The zero-order chi connectivity index (χ0) is 25.7. The second kappa shape index (κ2) is 11.6. The van der Waals surface area contributed by atoms with Crippen LogP contribution in [0.15, 0.2) is 66.7 Å². The molecule has 1 saturated heterocycles. The van der Waals surface area contributed by atoms with E-state index in [9.17, 15) is 13.6 Å². The lowest BCUT2D eigenvalue weighted by Crippen LogP contribution is -2.19. The third kappa shape index (κ3) is 5.88. The molecule has 6 heteroatoms. The summed E-state index contributed by atoms with van der Waals surface area (Å²) in [6.07, 6.45) is 2.05. The molecule has 36 heavy (non-hydrogen) atoms. The quantitative estimate of drug-likeness (QED) is 0.296. The highest BCUT2D eigenvalue weighted by molar-refractivity contribution is 5.94. The summed E-state index contributed by atoms with van der Waals surface area (Å²) in [5, 5.41) is 0. The zero-order valence-electron chi connectivity index (χ0n) is 20.3. The van der Waals surface area contributed by atoms with Crippen molar-refractivity contribution in [2.24, 2.45) is 5.92 Å². The number of halogens is 3. The molecule has 1 fully saturated rings. The van der Waals surface area contributed by atoms with Crippen LogP contribution in [0.3, 0.4) is 0 Å². The van der Waals surface area contributed by atoms with E-state index in [1.54, 1.807) is 30.3 Å². The van der Waals surface area contributed by atoms with Crippen molar-refractivity contribution < 1.29 is 27.4 Å². The molecule has 0 aromatic heterocycles. The van der Waals surface area contributed by atoms with Crippen molar-refractivity contribution in [2.75, 3.05) is 13.2 Å². The van der Waals surface area contributed by atoms with Gasteiger partial charge in [-0.2, -0.15) is 0 Å². The lowest BCUT2D eigenvalue weighted by Gasteiger charge is -2.28. The maximum Gasteiger partial charge on any atom is 0.267 e. The standard InChI is InChI=1S/C30H29F3O3/c1-3-35-25-14-11-23(12-15-25)27-17-5-20(18-36-27)4-6-24-13-16-26(29(31)28(24)30(32)33)22-9-7-21(8-10-22)19(2)34/h4,6-16,20,27,30H,3,5,17-18H2,1-2H3/b6-4+. The summed E-state index contributed by atoms with van der Waals surface area (Å²) in [6.45, 7) is 4.44. The highest BCUT2D eigenvalue weighted by Gasteiger charge is 2.23. The highest BCUT2D eigenvalue weighted by Crippen LogP contribution is 2.36. The molecule has 3 aromatic carbocycles. The monoisotopic (exact) mass is 494 g/mol. The smallest absolute Gasteiger partial charge is 0.267 e. The summed E-state index contributed by atoms with van der Waals surface area (Å²) in [4.78, 5) is 11.5. The molecule has 1 aliphatic rings. The van der Waals surface area contributed by atoms with Gasteiger partial charge < -0.3 is 9.47 Å². The molecule has 0 N–H and O–H groups in total. The van der Waals surface area contributed by atoms with Gasteiger partial charge in [0, 0.05) is 17.0 Å². The average Bonchev–Trinajstić information content (AvgIpc) is 2.88. The van der Waals surface area contributed by atoms with E-state index in [1.807, 2.05) is 37.3 Å². The van der Waals surface area contributed by atoms with Crippen LogP contribution in [0.4, 0.5) is 13.2 Å². The summed E-state index contributed by atoms with van der Waals surface area (Å²) >= 11 is 0. The number of ether oxygens (including phenoxy) is 2. The number of rotatable bonds is 8. The van der Waals surface area contributed by atoms with Gasteiger partial charge in [0.2, 0.25) is 0 Å². The Bertz CT molecular complexity index is 1210. The van der Waals surface area contributed by atoms with E-state index in [0.29, 0.717) is 24.3 Å². The van der Waals surface area contributed by atoms with E-state index in [-0.39, 0.29) is 28.9 Å². The number of benzene rings is 3. The molecule has 0 aliphatic carbocycles. The Hall–Kier alpha value is -3.38. The highest BCUT2D eigenvalue weighted by atomic mass is 19.3. The summed E-state index contributed by atoms with van der Waals surface area (Å²) < 4.78 is 54.5. The summed E-state index contributed by atoms with van der Waals surface area (Å²) in [5.74, 6) is -0.193.